The van der Waals surface area contributed by atoms with E-state index in [2.05, 4.69) is 6.92 Å². The van der Waals surface area contributed by atoms with E-state index in [0.717, 1.165) is 25.3 Å². The average molecular weight is 520 g/mol. The number of hydrogen-bond acceptors (Lipinski definition) is 6. The van der Waals surface area contributed by atoms with Gasteiger partial charge in [0.15, 0.2) is 17.8 Å². The molecule has 0 fully saturated rings. The maximum absolute atomic E-state index is 12.2. The van der Waals surface area contributed by atoms with Crippen LogP contribution in [0.3, 0.4) is 0 Å². The van der Waals surface area contributed by atoms with Crippen LogP contribution < -0.4 is 4.74 Å². The number of carbonyl (C=O) groups is 2. The number of esters is 1. The van der Waals surface area contributed by atoms with E-state index in [1.165, 1.54) is 103 Å². The summed E-state index contributed by atoms with van der Waals surface area (Å²) >= 11 is 0. The second kappa shape index (κ2) is 20.6. The summed E-state index contributed by atoms with van der Waals surface area (Å²) < 4.78 is 5.19. The molecule has 210 valence electrons. The third-order valence-electron chi connectivity index (χ3n) is 7.03. The van der Waals surface area contributed by atoms with Crippen molar-refractivity contribution in [3.05, 3.63) is 27.3 Å². The van der Waals surface area contributed by atoms with Crippen LogP contribution in [-0.4, -0.2) is 22.3 Å². The van der Waals surface area contributed by atoms with Crippen LogP contribution in [0.1, 0.15) is 151 Å². The van der Waals surface area contributed by atoms with Gasteiger partial charge in [-0.1, -0.05) is 122 Å². The van der Waals surface area contributed by atoms with Gasteiger partial charge in [0.1, 0.15) is 0 Å². The lowest BCUT2D eigenvalue weighted by Gasteiger charge is -2.11. The first-order chi connectivity index (χ1) is 17.9. The molecule has 1 rings (SSSR count). The van der Waals surface area contributed by atoms with Gasteiger partial charge in [0, 0.05) is 12.5 Å². The Bertz CT molecular complexity index is 808. The Morgan fingerprint density at radius 3 is 1.62 bits per heavy atom. The average Bonchev–Trinajstić information content (AvgIpc) is 2.87. The van der Waals surface area contributed by atoms with Crippen molar-refractivity contribution in [1.29, 1.82) is 0 Å². The van der Waals surface area contributed by atoms with Gasteiger partial charge in [0.2, 0.25) is 0 Å². The molecule has 1 N–H and O–H groups in total. The van der Waals surface area contributed by atoms with E-state index in [1.54, 1.807) is 0 Å². The first kappa shape index (κ1) is 32.6. The predicted octanol–water partition coefficient (Wildman–Crippen LogP) is 9.15. The quantitative estimate of drug-likeness (QED) is 0.0386. The summed E-state index contributed by atoms with van der Waals surface area (Å²) in [6.07, 6.45) is 24.6. The van der Waals surface area contributed by atoms with E-state index in [9.17, 15) is 24.8 Å². The number of aldehydes is 1. The number of phenols is 1. The molecule has 1 aromatic carbocycles. The number of aromatic hydroxyl groups is 1. The second-order valence-electron chi connectivity index (χ2n) is 10.3. The molecule has 0 aromatic heterocycles. The number of rotatable bonds is 23. The largest absolute Gasteiger partial charge is 0.504 e. The number of carbonyl (C=O) groups excluding carboxylic acids is 2. The zero-order valence-electron chi connectivity index (χ0n) is 23.2. The van der Waals surface area contributed by atoms with Gasteiger partial charge in [-0.05, 0) is 13.3 Å². The van der Waals surface area contributed by atoms with Crippen LogP contribution in [0, 0.1) is 17.0 Å². The molecule has 0 spiro atoms. The molecule has 7 nitrogen and oxygen atoms in total. The number of hydrogen-bond donors (Lipinski definition) is 1. The SMILES string of the molecule is CCCCCCCCCCCCCCCCCCCCCC(=O)Oc1c(C)c([N+](=O)[O-])cc(C=O)c1O. The summed E-state index contributed by atoms with van der Waals surface area (Å²) in [4.78, 5) is 33.8. The summed E-state index contributed by atoms with van der Waals surface area (Å²) in [5, 5.41) is 21.3. The first-order valence-corrected chi connectivity index (χ1v) is 14.6. The molecule has 0 amide bonds. The molecular formula is C30H49NO6. The summed E-state index contributed by atoms with van der Waals surface area (Å²) in [6.45, 7) is 3.65. The number of nitrogens with zero attached hydrogens (tertiary/aromatic N) is 1. The Balaban J connectivity index is 2.03. The Labute approximate surface area is 223 Å². The first-order valence-electron chi connectivity index (χ1n) is 14.6. The van der Waals surface area contributed by atoms with Gasteiger partial charge in [-0.15, -0.1) is 0 Å². The fraction of sp³-hybridized carbons (Fsp3) is 0.733. The van der Waals surface area contributed by atoms with Gasteiger partial charge >= 0.3 is 5.97 Å². The van der Waals surface area contributed by atoms with Crippen molar-refractivity contribution in [1.82, 2.24) is 0 Å². The van der Waals surface area contributed by atoms with Gasteiger partial charge < -0.3 is 9.84 Å². The maximum Gasteiger partial charge on any atom is 0.311 e. The molecule has 0 saturated heterocycles. The lowest BCUT2D eigenvalue weighted by molar-refractivity contribution is -0.385. The van der Waals surface area contributed by atoms with Crippen molar-refractivity contribution in [2.45, 2.75) is 142 Å². The molecule has 0 bridgehead atoms. The highest BCUT2D eigenvalue weighted by Crippen LogP contribution is 2.39. The number of phenolic OH excluding ortho intramolecular Hbond substituents is 1. The molecule has 0 saturated carbocycles. The molecule has 7 heteroatoms. The number of unbranched alkanes of at least 4 members (excludes halogenated alkanes) is 18. The minimum Gasteiger partial charge on any atom is -0.504 e. The summed E-state index contributed by atoms with van der Waals surface area (Å²) in [6, 6.07) is 0.979. The van der Waals surface area contributed by atoms with E-state index in [4.69, 9.17) is 4.74 Å². The van der Waals surface area contributed by atoms with Crippen molar-refractivity contribution in [2.75, 3.05) is 0 Å². The van der Waals surface area contributed by atoms with Crippen molar-refractivity contribution < 1.29 is 24.4 Å². The molecule has 0 aliphatic carbocycles. The van der Waals surface area contributed by atoms with Crippen molar-refractivity contribution in [3.8, 4) is 11.5 Å². The van der Waals surface area contributed by atoms with Gasteiger partial charge in [-0.3, -0.25) is 19.7 Å². The van der Waals surface area contributed by atoms with Crippen molar-refractivity contribution >= 4 is 17.9 Å². The van der Waals surface area contributed by atoms with Crippen molar-refractivity contribution in [3.63, 3.8) is 0 Å². The molecular weight excluding hydrogens is 470 g/mol. The van der Waals surface area contributed by atoms with Crippen molar-refractivity contribution in [2.24, 2.45) is 0 Å². The van der Waals surface area contributed by atoms with E-state index in [1.807, 2.05) is 0 Å². The van der Waals surface area contributed by atoms with Gasteiger partial charge in [-0.25, -0.2) is 0 Å². The zero-order chi connectivity index (χ0) is 27.3. The van der Waals surface area contributed by atoms with E-state index >= 15 is 0 Å². The molecule has 0 aliphatic heterocycles. The Morgan fingerprint density at radius 2 is 1.24 bits per heavy atom. The number of ether oxygens (including phenoxy) is 1. The molecule has 37 heavy (non-hydrogen) atoms. The number of nitro groups is 1. The highest BCUT2D eigenvalue weighted by atomic mass is 16.6. The second-order valence-corrected chi connectivity index (χ2v) is 10.3. The van der Waals surface area contributed by atoms with E-state index in [0.29, 0.717) is 12.7 Å². The molecule has 0 radical (unpaired) electrons. The minimum atomic E-state index is -0.670. The fourth-order valence-electron chi connectivity index (χ4n) is 4.67. The van der Waals surface area contributed by atoms with Crippen LogP contribution in [0.2, 0.25) is 0 Å². The Hall–Kier alpha value is -2.44. The van der Waals surface area contributed by atoms with Crippen LogP contribution in [-0.2, 0) is 4.79 Å². The molecule has 1 aromatic rings. The summed E-state index contributed by atoms with van der Waals surface area (Å²) in [5.74, 6) is -1.42. The van der Waals surface area contributed by atoms with Crippen LogP contribution in [0.25, 0.3) is 0 Å². The highest BCUT2D eigenvalue weighted by Gasteiger charge is 2.24. The standard InChI is InChI=1S/C30H49NO6/c1-3-4-5-6-7-8-9-10-11-12-13-14-15-16-17-18-19-20-21-22-28(33)37-30-25(2)27(31(35)36)23-26(24-32)29(30)34/h23-24,34H,3-22H2,1-2H3. The number of benzene rings is 1. The number of nitro benzene ring substituents is 1. The maximum atomic E-state index is 12.2. The van der Waals surface area contributed by atoms with E-state index in [-0.39, 0.29) is 29.0 Å². The van der Waals surface area contributed by atoms with Crippen LogP contribution in [0.4, 0.5) is 5.69 Å². The van der Waals surface area contributed by atoms with Crippen LogP contribution in [0.5, 0.6) is 11.5 Å². The summed E-state index contributed by atoms with van der Waals surface area (Å²) in [7, 11) is 0. The molecule has 0 aliphatic rings. The third-order valence-corrected chi connectivity index (χ3v) is 7.03. The molecule has 0 heterocycles. The smallest absolute Gasteiger partial charge is 0.311 e. The Kier molecular flexibility index (Phi) is 18.1. The predicted molar refractivity (Wildman–Crippen MR) is 149 cm³/mol. The Morgan fingerprint density at radius 1 is 0.838 bits per heavy atom. The fourth-order valence-corrected chi connectivity index (χ4v) is 4.67. The van der Waals surface area contributed by atoms with Gasteiger partial charge in [-0.2, -0.15) is 0 Å². The summed E-state index contributed by atoms with van der Waals surface area (Å²) in [5.41, 5.74) is -0.621. The highest BCUT2D eigenvalue weighted by molar-refractivity contribution is 5.85. The normalized spacial score (nSPS) is 11.0. The minimum absolute atomic E-state index is 0.0228. The van der Waals surface area contributed by atoms with Gasteiger partial charge in [0.05, 0.1) is 16.1 Å². The van der Waals surface area contributed by atoms with Gasteiger partial charge in [0.25, 0.3) is 5.69 Å². The molecule has 0 atom stereocenters. The third kappa shape index (κ3) is 14.2. The molecule has 0 unspecified atom stereocenters. The van der Waals surface area contributed by atoms with E-state index < -0.39 is 16.6 Å². The lowest BCUT2D eigenvalue weighted by atomic mass is 10.0. The topological polar surface area (TPSA) is 107 Å². The zero-order valence-corrected chi connectivity index (χ0v) is 23.2. The van der Waals surface area contributed by atoms with Crippen LogP contribution >= 0.6 is 0 Å². The van der Waals surface area contributed by atoms with Crippen LogP contribution in [0.15, 0.2) is 6.07 Å². The lowest BCUT2D eigenvalue weighted by Crippen LogP contribution is -2.10. The monoisotopic (exact) mass is 519 g/mol.